The molecule has 0 fully saturated rings. The number of carbonyl (C=O) groups is 1. The normalized spacial score (nSPS) is 10.6. The van der Waals surface area contributed by atoms with Crippen LogP contribution in [0.15, 0.2) is 65.8 Å². The fourth-order valence-corrected chi connectivity index (χ4v) is 3.09. The molecule has 3 aromatic rings. The van der Waals surface area contributed by atoms with E-state index in [2.05, 4.69) is 15.8 Å². The second-order valence-electron chi connectivity index (χ2n) is 7.37. The maximum absolute atomic E-state index is 12.1. The Morgan fingerprint density at radius 3 is 2.44 bits per heavy atom. The third-order valence-electron chi connectivity index (χ3n) is 4.82. The van der Waals surface area contributed by atoms with Gasteiger partial charge in [-0.15, -0.1) is 0 Å². The number of anilines is 1. The fraction of sp³-hybridized carbons (Fsp3) is 0.167. The predicted octanol–water partition coefficient (Wildman–Crippen LogP) is 4.56. The van der Waals surface area contributed by atoms with Gasteiger partial charge in [0.15, 0.2) is 11.5 Å². The van der Waals surface area contributed by atoms with Crippen LogP contribution >= 0.6 is 0 Å². The molecule has 0 aliphatic heterocycles. The summed E-state index contributed by atoms with van der Waals surface area (Å²) >= 11 is 0. The molecule has 36 heavy (non-hydrogen) atoms. The van der Waals surface area contributed by atoms with Crippen LogP contribution in [-0.2, 0) is 4.79 Å². The Labute approximate surface area is 205 Å². The van der Waals surface area contributed by atoms with Gasteiger partial charge in [0.1, 0.15) is 0 Å². The van der Waals surface area contributed by atoms with Crippen LogP contribution in [0.3, 0.4) is 0 Å². The predicted molar refractivity (Wildman–Crippen MR) is 133 cm³/mol. The van der Waals surface area contributed by atoms with Crippen molar-refractivity contribution in [2.24, 2.45) is 5.10 Å². The number of hydrogen-bond donors (Lipinski definition) is 2. The number of nitro groups is 2. The van der Waals surface area contributed by atoms with E-state index in [1.165, 1.54) is 12.3 Å². The number of aryl methyl sites for hydroxylation is 1. The molecule has 1 amide bonds. The van der Waals surface area contributed by atoms with Crippen molar-refractivity contribution in [3.63, 3.8) is 0 Å². The summed E-state index contributed by atoms with van der Waals surface area (Å²) in [4.78, 5) is 32.9. The van der Waals surface area contributed by atoms with Gasteiger partial charge >= 0.3 is 5.69 Å². The molecule has 12 nitrogen and oxygen atoms in total. The molecule has 0 atom stereocenters. The SMILES string of the molecule is CCOc1cc(/C=N\NC(=O)CNc2ccccc2C)ccc1Oc1ccc([N+](=O)[O-])cc1[N+](=O)[O-]. The van der Waals surface area contributed by atoms with Crippen molar-refractivity contribution in [1.82, 2.24) is 5.43 Å². The molecule has 0 saturated heterocycles. The lowest BCUT2D eigenvalue weighted by molar-refractivity contribution is -0.394. The highest BCUT2D eigenvalue weighted by molar-refractivity contribution is 5.85. The number of hydrogen-bond acceptors (Lipinski definition) is 9. The average Bonchev–Trinajstić information content (AvgIpc) is 2.85. The lowest BCUT2D eigenvalue weighted by atomic mass is 10.2. The summed E-state index contributed by atoms with van der Waals surface area (Å²) in [6.45, 7) is 4.00. The molecule has 12 heteroatoms. The first kappa shape index (κ1) is 25.6. The van der Waals surface area contributed by atoms with E-state index >= 15 is 0 Å². The van der Waals surface area contributed by atoms with Crippen LogP contribution in [0.25, 0.3) is 0 Å². The van der Waals surface area contributed by atoms with Gasteiger partial charge in [0.05, 0.1) is 35.3 Å². The van der Waals surface area contributed by atoms with Crippen LogP contribution in [0.2, 0.25) is 0 Å². The number of ether oxygens (including phenoxy) is 2. The maximum Gasteiger partial charge on any atom is 0.318 e. The molecule has 0 saturated carbocycles. The minimum atomic E-state index is -0.764. The Balaban J connectivity index is 1.70. The number of carbonyl (C=O) groups excluding carboxylic acids is 1. The first-order chi connectivity index (χ1) is 17.3. The van der Waals surface area contributed by atoms with Crippen molar-refractivity contribution >= 4 is 29.2 Å². The van der Waals surface area contributed by atoms with Gasteiger partial charge in [0, 0.05) is 11.8 Å². The van der Waals surface area contributed by atoms with Crippen LogP contribution in [-0.4, -0.2) is 35.1 Å². The van der Waals surface area contributed by atoms with Crippen LogP contribution in [0.4, 0.5) is 17.1 Å². The van der Waals surface area contributed by atoms with Crippen molar-refractivity contribution in [2.45, 2.75) is 13.8 Å². The number of hydrazone groups is 1. The smallest absolute Gasteiger partial charge is 0.318 e. The Kier molecular flexibility index (Phi) is 8.49. The van der Waals surface area contributed by atoms with Gasteiger partial charge in [0.25, 0.3) is 11.6 Å². The Bertz CT molecular complexity index is 1310. The van der Waals surface area contributed by atoms with Crippen molar-refractivity contribution in [2.75, 3.05) is 18.5 Å². The van der Waals surface area contributed by atoms with Gasteiger partial charge < -0.3 is 14.8 Å². The van der Waals surface area contributed by atoms with E-state index in [4.69, 9.17) is 9.47 Å². The zero-order chi connectivity index (χ0) is 26.1. The zero-order valence-electron chi connectivity index (χ0n) is 19.5. The third kappa shape index (κ3) is 6.76. The zero-order valence-corrected chi connectivity index (χ0v) is 19.5. The van der Waals surface area contributed by atoms with Crippen molar-refractivity contribution in [3.8, 4) is 17.2 Å². The number of para-hydroxylation sites is 1. The van der Waals surface area contributed by atoms with Crippen molar-refractivity contribution in [3.05, 3.63) is 92.0 Å². The van der Waals surface area contributed by atoms with Gasteiger partial charge in [-0.25, -0.2) is 5.43 Å². The minimum absolute atomic E-state index is 0.0349. The van der Waals surface area contributed by atoms with E-state index in [9.17, 15) is 25.0 Å². The van der Waals surface area contributed by atoms with Crippen molar-refractivity contribution < 1.29 is 24.1 Å². The first-order valence-electron chi connectivity index (χ1n) is 10.8. The second kappa shape index (κ2) is 11.9. The summed E-state index contributed by atoms with van der Waals surface area (Å²) in [5, 5.41) is 29.3. The highest BCUT2D eigenvalue weighted by atomic mass is 16.6. The molecule has 3 rings (SSSR count). The number of nitrogens with one attached hydrogen (secondary N) is 2. The summed E-state index contributed by atoms with van der Waals surface area (Å²) in [5.41, 5.74) is 3.87. The molecule has 186 valence electrons. The fourth-order valence-electron chi connectivity index (χ4n) is 3.09. The summed E-state index contributed by atoms with van der Waals surface area (Å²) < 4.78 is 11.2. The third-order valence-corrected chi connectivity index (χ3v) is 4.82. The molecule has 2 N–H and O–H groups in total. The number of nitro benzene ring substituents is 2. The number of benzene rings is 3. The van der Waals surface area contributed by atoms with E-state index < -0.39 is 21.2 Å². The number of amides is 1. The average molecular weight is 493 g/mol. The van der Waals surface area contributed by atoms with E-state index in [0.29, 0.717) is 5.56 Å². The lowest BCUT2D eigenvalue weighted by Crippen LogP contribution is -2.26. The highest BCUT2D eigenvalue weighted by Crippen LogP contribution is 2.38. The molecular formula is C24H23N5O7. The first-order valence-corrected chi connectivity index (χ1v) is 10.8. The molecule has 0 unspecified atom stereocenters. The number of nitrogens with zero attached hydrogens (tertiary/aromatic N) is 3. The molecular weight excluding hydrogens is 470 g/mol. The van der Waals surface area contributed by atoms with Crippen LogP contribution < -0.4 is 20.2 Å². The topological polar surface area (TPSA) is 158 Å². The molecule has 0 spiro atoms. The molecule has 0 aliphatic carbocycles. The Hall–Kier alpha value is -5.00. The summed E-state index contributed by atoms with van der Waals surface area (Å²) in [6, 6.07) is 15.4. The summed E-state index contributed by atoms with van der Waals surface area (Å²) in [7, 11) is 0. The van der Waals surface area contributed by atoms with E-state index in [-0.39, 0.29) is 36.3 Å². The number of non-ortho nitro benzene ring substituents is 1. The molecule has 0 aliphatic rings. The maximum atomic E-state index is 12.1. The molecule has 0 bridgehead atoms. The molecule has 0 aromatic heterocycles. The van der Waals surface area contributed by atoms with E-state index in [1.54, 1.807) is 19.1 Å². The van der Waals surface area contributed by atoms with Gasteiger partial charge in [-0.05, 0) is 55.3 Å². The Morgan fingerprint density at radius 2 is 1.75 bits per heavy atom. The van der Waals surface area contributed by atoms with Crippen LogP contribution in [0.5, 0.6) is 17.2 Å². The largest absolute Gasteiger partial charge is 0.490 e. The summed E-state index contributed by atoms with van der Waals surface area (Å²) in [6.07, 6.45) is 1.41. The standard InChI is InChI=1S/C24H23N5O7/c1-3-35-23-12-17(14-26-27-24(30)15-25-19-7-5-4-6-16(19)2)8-10-22(23)36-21-11-9-18(28(31)32)13-20(21)29(33)34/h4-14,25H,3,15H2,1-2H3,(H,27,30)/b26-14-. The highest BCUT2D eigenvalue weighted by Gasteiger charge is 2.22. The second-order valence-corrected chi connectivity index (χ2v) is 7.37. The quantitative estimate of drug-likeness (QED) is 0.223. The van der Waals surface area contributed by atoms with E-state index in [1.807, 2.05) is 31.2 Å². The lowest BCUT2D eigenvalue weighted by Gasteiger charge is -2.12. The van der Waals surface area contributed by atoms with Crippen LogP contribution in [0, 0.1) is 27.2 Å². The molecule has 0 radical (unpaired) electrons. The van der Waals surface area contributed by atoms with Gasteiger partial charge in [-0.1, -0.05) is 18.2 Å². The number of rotatable bonds is 11. The summed E-state index contributed by atoms with van der Waals surface area (Å²) in [5.74, 6) is -0.0922. The molecule has 3 aromatic carbocycles. The van der Waals surface area contributed by atoms with Crippen molar-refractivity contribution in [1.29, 1.82) is 0 Å². The van der Waals surface area contributed by atoms with Gasteiger partial charge in [-0.3, -0.25) is 25.0 Å². The van der Waals surface area contributed by atoms with Gasteiger partial charge in [0.2, 0.25) is 5.75 Å². The Morgan fingerprint density at radius 1 is 1.00 bits per heavy atom. The minimum Gasteiger partial charge on any atom is -0.490 e. The van der Waals surface area contributed by atoms with Gasteiger partial charge in [-0.2, -0.15) is 5.10 Å². The molecule has 0 heterocycles. The van der Waals surface area contributed by atoms with E-state index in [0.717, 1.165) is 29.4 Å². The monoisotopic (exact) mass is 493 g/mol. The van der Waals surface area contributed by atoms with Crippen LogP contribution in [0.1, 0.15) is 18.1 Å².